The molecule has 444 valence electrons. The largest absolute Gasteiger partial charge is 0.490 e. The highest BCUT2D eigenvalue weighted by Gasteiger charge is 2.38. The lowest BCUT2D eigenvalue weighted by Gasteiger charge is -2.27. The number of guanidine groups is 1. The number of hydrogen-bond acceptors (Lipinski definition) is 14. The second-order valence-corrected chi connectivity index (χ2v) is 21.8. The third kappa shape index (κ3) is 20.0. The molecule has 4 aliphatic rings. The first-order valence-electron chi connectivity index (χ1n) is 28.5. The van der Waals surface area contributed by atoms with E-state index in [1.165, 1.54) is 17.1 Å². The molecule has 25 heteroatoms. The van der Waals surface area contributed by atoms with Crippen molar-refractivity contribution in [2.45, 2.75) is 196 Å². The van der Waals surface area contributed by atoms with Gasteiger partial charge in [-0.05, 0) is 138 Å². The molecule has 1 aromatic carbocycles. The maximum atomic E-state index is 14.2. The van der Waals surface area contributed by atoms with Gasteiger partial charge in [-0.2, -0.15) is 0 Å². The zero-order valence-electron chi connectivity index (χ0n) is 46.4. The first kappa shape index (κ1) is 64.0. The van der Waals surface area contributed by atoms with E-state index in [4.69, 9.17) is 27.7 Å². The Labute approximate surface area is 468 Å². The van der Waals surface area contributed by atoms with E-state index in [9.17, 15) is 53.4 Å². The number of nitrogens with two attached hydrogens (primary N) is 4. The first-order valence-corrected chi connectivity index (χ1v) is 28.5. The molecule has 5 rings (SSSR count). The number of ether oxygens (including phenoxy) is 1. The van der Waals surface area contributed by atoms with Gasteiger partial charge in [0.15, 0.2) is 5.96 Å². The van der Waals surface area contributed by atoms with E-state index in [2.05, 4.69) is 42.2 Å². The number of amides is 8. The number of carboxylic acids is 1. The number of hydrogen-bond donors (Lipinski definition) is 13. The average molecular weight is 1120 g/mol. The summed E-state index contributed by atoms with van der Waals surface area (Å²) in [7, 11) is 0. The number of carboxylic acid groups (broad SMARTS) is 1. The molecule has 3 fully saturated rings. The van der Waals surface area contributed by atoms with Gasteiger partial charge in [0.1, 0.15) is 48.0 Å². The number of carbonyl (C=O) groups is 9. The van der Waals surface area contributed by atoms with E-state index in [1.54, 1.807) is 13.8 Å². The predicted molar refractivity (Wildman–Crippen MR) is 297 cm³/mol. The van der Waals surface area contributed by atoms with Gasteiger partial charge in [0.05, 0.1) is 25.3 Å². The number of benzene rings is 1. The van der Waals surface area contributed by atoms with Gasteiger partial charge in [-0.3, -0.25) is 43.3 Å². The third-order valence-corrected chi connectivity index (χ3v) is 15.0. The Hall–Kier alpha value is -6.86. The van der Waals surface area contributed by atoms with Crippen molar-refractivity contribution in [2.24, 2.45) is 33.8 Å². The van der Waals surface area contributed by atoms with E-state index in [1.807, 2.05) is 18.2 Å². The number of aliphatic hydroxyl groups is 1. The molecular weight excluding hydrogens is 1030 g/mol. The van der Waals surface area contributed by atoms with Crippen molar-refractivity contribution in [1.82, 2.24) is 42.1 Å². The average Bonchev–Trinajstić information content (AvgIpc) is 4.29. The summed E-state index contributed by atoms with van der Waals surface area (Å²) < 4.78 is 6.45. The molecular formula is C55H87N13O12. The summed E-state index contributed by atoms with van der Waals surface area (Å²) in [5, 5.41) is 38.9. The fourth-order valence-electron chi connectivity index (χ4n) is 10.6. The Morgan fingerprint density at radius 2 is 1.44 bits per heavy atom. The minimum absolute atomic E-state index is 0.00990. The molecule has 0 aromatic heterocycles. The molecule has 2 saturated carbocycles. The smallest absolute Gasteiger partial charge is 0.326 e. The van der Waals surface area contributed by atoms with E-state index < -0.39 is 115 Å². The molecule has 17 N–H and O–H groups in total. The normalized spacial score (nSPS) is 23.9. The van der Waals surface area contributed by atoms with E-state index in [0.29, 0.717) is 25.2 Å². The van der Waals surface area contributed by atoms with Gasteiger partial charge in [-0.25, -0.2) is 4.79 Å². The van der Waals surface area contributed by atoms with Gasteiger partial charge in [0, 0.05) is 19.5 Å². The molecule has 2 aliphatic carbocycles. The maximum Gasteiger partial charge on any atom is 0.326 e. The zero-order chi connectivity index (χ0) is 58.3. The summed E-state index contributed by atoms with van der Waals surface area (Å²) in [5.41, 5.74) is 24.7. The number of nitrogens with one attached hydrogen (secondary N) is 7. The molecule has 0 radical (unpaired) electrons. The van der Waals surface area contributed by atoms with Crippen LogP contribution < -0.4 is 64.9 Å². The molecule has 25 nitrogen and oxygen atoms in total. The summed E-state index contributed by atoms with van der Waals surface area (Å²) >= 11 is 0. The Morgan fingerprint density at radius 1 is 0.787 bits per heavy atom. The number of likely N-dealkylation sites (tertiary alicyclic amines) is 1. The van der Waals surface area contributed by atoms with Gasteiger partial charge in [-0.1, -0.05) is 51.0 Å². The van der Waals surface area contributed by atoms with Crippen LogP contribution in [0.2, 0.25) is 0 Å². The number of aliphatic hydroxyl groups excluding tert-OH is 1. The number of aliphatic carboxylic acids is 1. The Bertz CT molecular complexity index is 2350. The number of aliphatic imine (C=N–C) groups is 1. The van der Waals surface area contributed by atoms with Crippen molar-refractivity contribution >= 4 is 59.2 Å². The quantitative estimate of drug-likeness (QED) is 0.0261. The molecule has 2 heterocycles. The zero-order valence-corrected chi connectivity index (χ0v) is 46.4. The molecule has 0 spiro atoms. The molecule has 0 unspecified atom stereocenters. The Kier molecular flexibility index (Phi) is 25.9. The fourth-order valence-corrected chi connectivity index (χ4v) is 10.6. The van der Waals surface area contributed by atoms with Gasteiger partial charge < -0.3 is 80.0 Å². The molecule has 1 aromatic rings. The van der Waals surface area contributed by atoms with Crippen LogP contribution in [0.1, 0.15) is 146 Å². The molecule has 8 amide bonds. The maximum absolute atomic E-state index is 14.2. The van der Waals surface area contributed by atoms with Crippen molar-refractivity contribution < 1.29 is 58.1 Å². The lowest BCUT2D eigenvalue weighted by Crippen LogP contribution is -2.60. The monoisotopic (exact) mass is 1120 g/mol. The standard InChI is InChI=1S/C55H87N13O12/c1-32(2)27-41-51(75)67-43(31-69)52(76)64-39(18-8-7-17-37(57)47(71)62-40(50(74)65-41)20-11-25-60-55(58)59)49(73)63-38(19-9-10-24-56)48(72)61-30-46(70)68-26-12-21-44(68)53(77)66-42(54(78)79)29-33-22-23-45(80-35-15-5-6-16-35)36(28-33)34-13-3-4-14-34/h7-8,22-23,28,32,34-35,37-44,69H,3-6,9-21,24-27,29-31,56-57H2,1-2H3,(H,61,72)(H,62,71)(H,63,73)(H,64,76)(H,65,74)(H,66,77)(H,67,75)(H,78,79)(H4,58,59,60)/b8-7-/t37-,38-,39-,40-,41-,42-,43-,44-/m0/s1. The summed E-state index contributed by atoms with van der Waals surface area (Å²) in [6.45, 7) is 2.70. The predicted octanol–water partition coefficient (Wildman–Crippen LogP) is -0.793. The van der Waals surface area contributed by atoms with Crippen LogP contribution in [0.25, 0.3) is 0 Å². The van der Waals surface area contributed by atoms with Gasteiger partial charge >= 0.3 is 5.97 Å². The minimum atomic E-state index is -1.61. The van der Waals surface area contributed by atoms with Crippen LogP contribution in [0, 0.1) is 5.92 Å². The van der Waals surface area contributed by atoms with E-state index >= 15 is 0 Å². The van der Waals surface area contributed by atoms with Crippen molar-refractivity contribution in [3.05, 3.63) is 41.5 Å². The number of rotatable bonds is 24. The lowest BCUT2D eigenvalue weighted by atomic mass is 9.93. The Morgan fingerprint density at radius 3 is 2.11 bits per heavy atom. The topological polar surface area (TPSA) is 407 Å². The van der Waals surface area contributed by atoms with Crippen molar-refractivity contribution in [2.75, 3.05) is 32.8 Å². The van der Waals surface area contributed by atoms with Gasteiger partial charge in [0.2, 0.25) is 47.3 Å². The van der Waals surface area contributed by atoms with Crippen molar-refractivity contribution in [1.29, 1.82) is 0 Å². The van der Waals surface area contributed by atoms with Crippen LogP contribution in [0.15, 0.2) is 35.3 Å². The molecule has 1 saturated heterocycles. The highest BCUT2D eigenvalue weighted by atomic mass is 16.5. The number of carbonyl (C=O) groups excluding carboxylic acids is 8. The lowest BCUT2D eigenvalue weighted by molar-refractivity contribution is -0.144. The number of unbranched alkanes of at least 4 members (excludes halogenated alkanes) is 1. The van der Waals surface area contributed by atoms with E-state index in [0.717, 1.165) is 68.2 Å². The highest BCUT2D eigenvalue weighted by Crippen LogP contribution is 2.40. The van der Waals surface area contributed by atoms with Gasteiger partial charge in [0.25, 0.3) is 0 Å². The molecule has 2 aliphatic heterocycles. The summed E-state index contributed by atoms with van der Waals surface area (Å²) in [6, 6.07) is -4.42. The van der Waals surface area contributed by atoms with Crippen LogP contribution in [0.4, 0.5) is 0 Å². The van der Waals surface area contributed by atoms with Crippen molar-refractivity contribution in [3.63, 3.8) is 0 Å². The number of nitrogens with zero attached hydrogens (tertiary/aromatic N) is 2. The minimum Gasteiger partial charge on any atom is -0.490 e. The van der Waals surface area contributed by atoms with Crippen LogP contribution in [0.3, 0.4) is 0 Å². The molecule has 8 atom stereocenters. The molecule has 80 heavy (non-hydrogen) atoms. The highest BCUT2D eigenvalue weighted by molar-refractivity contribution is 5.98. The van der Waals surface area contributed by atoms with E-state index in [-0.39, 0.29) is 89.0 Å². The van der Waals surface area contributed by atoms with Gasteiger partial charge in [-0.15, -0.1) is 0 Å². The summed E-state index contributed by atoms with van der Waals surface area (Å²) in [6.07, 6.45) is 13.4. The van der Waals surface area contributed by atoms with Crippen LogP contribution >= 0.6 is 0 Å². The SMILES string of the molecule is CC(C)C[C@@H]1NC(=O)[C@H](CCCN=C(N)N)NC(=O)[C@@H](N)C/C=C\C[C@@H](C(=O)N[C@@H](CCCCN)C(=O)NCC(=O)N2CCC[C@H]2C(=O)N[C@@H](Cc2ccc(OC3CCCC3)c(C3CCCC3)c2)C(=O)O)NC(=O)[C@H](CO)NC1=O. The van der Waals surface area contributed by atoms with Crippen molar-refractivity contribution in [3.8, 4) is 5.75 Å². The second kappa shape index (κ2) is 32.4. The van der Waals surface area contributed by atoms with Crippen LogP contribution in [0.5, 0.6) is 5.75 Å². The summed E-state index contributed by atoms with van der Waals surface area (Å²) in [4.78, 5) is 128. The van der Waals surface area contributed by atoms with Crippen LogP contribution in [-0.2, 0) is 49.6 Å². The van der Waals surface area contributed by atoms with Crippen LogP contribution in [-0.4, -0.2) is 162 Å². The fraction of sp³-hybridized carbons (Fsp3) is 0.673. The summed E-state index contributed by atoms with van der Waals surface area (Å²) in [5.74, 6) is -6.50. The third-order valence-electron chi connectivity index (χ3n) is 15.0. The molecule has 0 bridgehead atoms. The Balaban J connectivity index is 1.26. The first-order chi connectivity index (χ1) is 38.3. The second-order valence-electron chi connectivity index (χ2n) is 21.8.